The van der Waals surface area contributed by atoms with Crippen molar-refractivity contribution >= 4 is 94.2 Å². The standard InChI is InChI=1S/C28H30N6O2S.C27H30N8O.C26H25N7O/c1-18(2)21-8-4-6-10-24(21)37(35,36)33-14-11-19(12-15-33)28-32-25(26-27(29)30-13-16-34(26)28)23-17-20-7-3-5-9-22(20)31-23;28-25-24-23(22-16-20-4-1-2-5-21(20)32-22)33-26(35(24)15-12-30-25)18-6-8-19(9-7-18)27(36)31-10-3-13-34-14-11-29-17-34;27-24-23-22(19-7-8-21-18(14-19)9-11-29-21)32-25(33(23)13-12-30-24)16-3-5-17(6-4-16)26(34)31-20-2-1-10-28-15-20/h3-10,13,16-19,31H,11-12,14-15H2,1-2H3,(H2,29,30);1-2,4-5,11-12,14-19,32H,3,6-10,13H2,(H2,28,30)(H,31,36);1-2,7-17,29H,3-6H2,(H2,27,30)(H,31,34). The largest absolute Gasteiger partial charge is 0.382 e. The number of aromatic nitrogens is 15. The van der Waals surface area contributed by atoms with Crippen LogP contribution >= 0.6 is 0 Å². The van der Waals surface area contributed by atoms with Crippen molar-refractivity contribution in [3.05, 3.63) is 219 Å². The number of piperidine rings is 1. The van der Waals surface area contributed by atoms with Crippen LogP contribution in [0.3, 0.4) is 0 Å². The number of nitrogen functional groups attached to an aromatic ring is 3. The number of aryl methyl sites for hydroxylation is 1. The predicted molar refractivity (Wildman–Crippen MR) is 417 cm³/mol. The van der Waals surface area contributed by atoms with E-state index in [0.717, 1.165) is 176 Å². The number of nitrogens with one attached hydrogen (secondary N) is 5. The van der Waals surface area contributed by atoms with E-state index in [1.165, 1.54) is 0 Å². The summed E-state index contributed by atoms with van der Waals surface area (Å²) >= 11 is 0. The van der Waals surface area contributed by atoms with E-state index < -0.39 is 10.0 Å². The highest BCUT2D eigenvalue weighted by molar-refractivity contribution is 7.89. The van der Waals surface area contributed by atoms with E-state index in [1.807, 2.05) is 108 Å². The Labute approximate surface area is 617 Å². The van der Waals surface area contributed by atoms with Gasteiger partial charge in [-0.25, -0.2) is 43.3 Å². The van der Waals surface area contributed by atoms with Crippen LogP contribution < -0.4 is 27.8 Å². The lowest BCUT2D eigenvalue weighted by Crippen LogP contribution is -2.38. The fourth-order valence-electron chi connectivity index (χ4n) is 15.9. The summed E-state index contributed by atoms with van der Waals surface area (Å²) in [6.07, 6.45) is 30.9. The summed E-state index contributed by atoms with van der Waals surface area (Å²) in [5.74, 6) is 5.23. The summed E-state index contributed by atoms with van der Waals surface area (Å²) in [7, 11) is -3.57. The summed E-state index contributed by atoms with van der Waals surface area (Å²) < 4.78 is 37.0. The number of imidazole rings is 4. The van der Waals surface area contributed by atoms with Gasteiger partial charge in [-0.2, -0.15) is 4.31 Å². The Morgan fingerprint density at radius 3 is 1.63 bits per heavy atom. The molecule has 107 heavy (non-hydrogen) atoms. The van der Waals surface area contributed by atoms with Crippen molar-refractivity contribution in [2.45, 2.75) is 120 Å². The lowest BCUT2D eigenvalue weighted by molar-refractivity contribution is -0.126. The maximum absolute atomic E-state index is 13.6. The molecule has 1 saturated heterocycles. The second kappa shape index (κ2) is 29.8. The molecule has 0 unspecified atom stereocenters. The third-order valence-electron chi connectivity index (χ3n) is 21.5. The minimum absolute atomic E-state index is 0.00936. The van der Waals surface area contributed by atoms with Gasteiger partial charge >= 0.3 is 0 Å². The topological polar surface area (TPSA) is 342 Å². The lowest BCUT2D eigenvalue weighted by Gasteiger charge is -2.31. The van der Waals surface area contributed by atoms with E-state index >= 15 is 0 Å². The number of amides is 2. The molecule has 0 bridgehead atoms. The van der Waals surface area contributed by atoms with Gasteiger partial charge < -0.3 is 47.4 Å². The van der Waals surface area contributed by atoms with Gasteiger partial charge in [-0.3, -0.25) is 27.8 Å². The molecule has 11 N–H and O–H groups in total. The Morgan fingerprint density at radius 2 is 1.07 bits per heavy atom. The van der Waals surface area contributed by atoms with Crippen molar-refractivity contribution in [3.8, 4) is 34.0 Å². The van der Waals surface area contributed by atoms with Gasteiger partial charge in [0.1, 0.15) is 68.6 Å². The molecule has 26 heteroatoms. The number of anilines is 4. The van der Waals surface area contributed by atoms with Crippen molar-refractivity contribution in [3.63, 3.8) is 0 Å². The normalized spacial score (nSPS) is 17.4. The second-order valence-electron chi connectivity index (χ2n) is 28.5. The molecule has 0 radical (unpaired) electrons. The van der Waals surface area contributed by atoms with Crippen LogP contribution in [0.5, 0.6) is 0 Å². The number of nitrogens with zero attached hydrogens (tertiary/aromatic N) is 13. The molecule has 0 atom stereocenters. The first-order chi connectivity index (χ1) is 52.2. The maximum Gasteiger partial charge on any atom is 0.243 e. The average molecular weight is 1450 g/mol. The fraction of sp³-hybridized carbons (Fsp3) is 0.284. The number of sulfonamides is 1. The molecular formula is C81H85N21O4S. The molecule has 11 aromatic heterocycles. The van der Waals surface area contributed by atoms with Crippen molar-refractivity contribution in [2.24, 2.45) is 11.8 Å². The molecule has 12 heterocycles. The Balaban J connectivity index is 0.000000123. The Hall–Kier alpha value is -12.0. The molecule has 3 aliphatic rings. The minimum Gasteiger partial charge on any atom is -0.382 e. The summed E-state index contributed by atoms with van der Waals surface area (Å²) in [6.45, 7) is 6.47. The number of hydrogen-bond donors (Lipinski definition) is 8. The van der Waals surface area contributed by atoms with Crippen LogP contribution in [0.4, 0.5) is 23.1 Å². The van der Waals surface area contributed by atoms with Crippen molar-refractivity contribution in [1.82, 2.24) is 82.2 Å². The highest BCUT2D eigenvalue weighted by Crippen LogP contribution is 2.43. The number of H-pyrrole nitrogens is 3. The molecule has 0 spiro atoms. The zero-order valence-corrected chi connectivity index (χ0v) is 60.4. The third kappa shape index (κ3) is 14.0. The minimum atomic E-state index is -3.57. The van der Waals surface area contributed by atoms with Gasteiger partial charge in [0.05, 0.1) is 34.5 Å². The molecule has 1 aliphatic heterocycles. The Kier molecular flexibility index (Phi) is 19.3. The van der Waals surface area contributed by atoms with Crippen LogP contribution in [0, 0.1) is 11.8 Å². The molecule has 15 aromatic rings. The summed E-state index contributed by atoms with van der Waals surface area (Å²) in [6, 6.07) is 39.8. The molecule has 2 aliphatic carbocycles. The van der Waals surface area contributed by atoms with E-state index in [4.69, 9.17) is 32.2 Å². The molecule has 2 saturated carbocycles. The smallest absolute Gasteiger partial charge is 0.243 e. The lowest BCUT2D eigenvalue weighted by atomic mass is 9.81. The van der Waals surface area contributed by atoms with E-state index in [1.54, 1.807) is 59.9 Å². The number of fused-ring (bicyclic) bond motifs is 6. The van der Waals surface area contributed by atoms with E-state index in [2.05, 4.69) is 114 Å². The van der Waals surface area contributed by atoms with Crippen molar-refractivity contribution < 1.29 is 18.0 Å². The summed E-state index contributed by atoms with van der Waals surface area (Å²) in [4.78, 5) is 72.5. The number of nitrogens with two attached hydrogens (primary N) is 3. The number of aromatic amines is 3. The Bertz CT molecular complexity index is 5740. The van der Waals surface area contributed by atoms with Gasteiger partial charge in [-0.15, -0.1) is 0 Å². The fourth-order valence-corrected chi connectivity index (χ4v) is 17.8. The van der Waals surface area contributed by atoms with Gasteiger partial charge in [0, 0.05) is 156 Å². The first kappa shape index (κ1) is 69.3. The van der Waals surface area contributed by atoms with Crippen LogP contribution in [-0.4, -0.2) is 117 Å². The molecule has 4 aromatic carbocycles. The van der Waals surface area contributed by atoms with Gasteiger partial charge in [0.15, 0.2) is 0 Å². The van der Waals surface area contributed by atoms with Crippen LogP contribution in [0.2, 0.25) is 0 Å². The molecular weight excluding hydrogens is 1360 g/mol. The first-order valence-electron chi connectivity index (χ1n) is 36.8. The summed E-state index contributed by atoms with van der Waals surface area (Å²) in [5.41, 5.74) is 31.5. The van der Waals surface area contributed by atoms with Gasteiger partial charge in [0.2, 0.25) is 21.8 Å². The monoisotopic (exact) mass is 1450 g/mol. The number of benzene rings is 4. The number of rotatable bonds is 16. The van der Waals surface area contributed by atoms with Crippen LogP contribution in [0.1, 0.15) is 131 Å². The quantitative estimate of drug-likeness (QED) is 0.0417. The third-order valence-corrected chi connectivity index (χ3v) is 23.5. The number of carbonyl (C=O) groups excluding carboxylic acids is 2. The van der Waals surface area contributed by atoms with Crippen LogP contribution in [0.25, 0.3) is 83.3 Å². The SMILES string of the molecule is CC(C)c1ccccc1S(=O)(=O)N1CCC(c2nc(-c3cc4ccccc4[nH]3)c3c(N)nccn23)CC1.Nc1nccn2c(C3CCC(C(=O)NCCCn4ccnc4)CC3)nc(-c3cc4ccccc4[nH]3)c12.Nc1nccn2c(C3CCC(C(=O)Nc4cccnc4)CC3)nc(-c3ccc4[nH]ccc4c3)c12. The van der Waals surface area contributed by atoms with Crippen LogP contribution in [-0.2, 0) is 26.2 Å². The number of para-hydroxylation sites is 2. The zero-order chi connectivity index (χ0) is 73.3. The number of pyridine rings is 1. The summed E-state index contributed by atoms with van der Waals surface area (Å²) in [5, 5.41) is 9.48. The number of carbonyl (C=O) groups is 2. The Morgan fingerprint density at radius 1 is 0.542 bits per heavy atom. The highest BCUT2D eigenvalue weighted by atomic mass is 32.2. The van der Waals surface area contributed by atoms with Crippen molar-refractivity contribution in [1.29, 1.82) is 0 Å². The molecule has 18 rings (SSSR count). The second-order valence-corrected chi connectivity index (χ2v) is 30.4. The van der Waals surface area contributed by atoms with Crippen molar-refractivity contribution in [2.75, 3.05) is 42.2 Å². The molecule has 3 fully saturated rings. The first-order valence-corrected chi connectivity index (χ1v) is 38.3. The van der Waals surface area contributed by atoms with E-state index in [-0.39, 0.29) is 47.3 Å². The van der Waals surface area contributed by atoms with E-state index in [0.29, 0.717) is 54.8 Å². The molecule has 25 nitrogen and oxygen atoms in total. The van der Waals surface area contributed by atoms with Crippen LogP contribution in [0.15, 0.2) is 201 Å². The van der Waals surface area contributed by atoms with E-state index in [9.17, 15) is 18.0 Å². The number of hydrogen-bond acceptors (Lipinski definition) is 15. The molecule has 2 amide bonds. The maximum atomic E-state index is 13.6. The van der Waals surface area contributed by atoms with Gasteiger partial charge in [-0.1, -0.05) is 74.5 Å². The van der Waals surface area contributed by atoms with Gasteiger partial charge in [0.25, 0.3) is 0 Å². The zero-order valence-electron chi connectivity index (χ0n) is 59.6. The molecule has 544 valence electrons. The highest BCUT2D eigenvalue weighted by Gasteiger charge is 2.36. The average Bonchev–Trinajstić information content (AvgIpc) is 1.55. The van der Waals surface area contributed by atoms with Gasteiger partial charge in [-0.05, 0) is 143 Å². The predicted octanol–water partition coefficient (Wildman–Crippen LogP) is 14.1.